The molecule has 0 amide bonds. The van der Waals surface area contributed by atoms with E-state index in [4.69, 9.17) is 0 Å². The predicted molar refractivity (Wildman–Crippen MR) is 64.5 cm³/mol. The lowest BCUT2D eigenvalue weighted by atomic mass is 10.2. The SMILES string of the molecule is Cc1cc2c(ccc3sc(C)nc32)s1. The van der Waals surface area contributed by atoms with Gasteiger partial charge in [-0.3, -0.25) is 0 Å². The van der Waals surface area contributed by atoms with Gasteiger partial charge in [-0.1, -0.05) is 0 Å². The van der Waals surface area contributed by atoms with E-state index in [1.807, 2.05) is 11.3 Å². The molecule has 3 aromatic rings. The van der Waals surface area contributed by atoms with Crippen molar-refractivity contribution in [3.63, 3.8) is 0 Å². The van der Waals surface area contributed by atoms with Gasteiger partial charge in [-0.05, 0) is 32.0 Å². The average molecular weight is 219 g/mol. The van der Waals surface area contributed by atoms with Crippen LogP contribution in [0.1, 0.15) is 9.88 Å². The summed E-state index contributed by atoms with van der Waals surface area (Å²) in [5.41, 5.74) is 1.18. The van der Waals surface area contributed by atoms with Gasteiger partial charge in [0.15, 0.2) is 0 Å². The van der Waals surface area contributed by atoms with E-state index in [0.29, 0.717) is 0 Å². The molecule has 0 fully saturated rings. The molecule has 2 heterocycles. The van der Waals surface area contributed by atoms with Gasteiger partial charge in [-0.25, -0.2) is 4.98 Å². The zero-order valence-corrected chi connectivity index (χ0v) is 9.63. The third-order valence-corrected chi connectivity index (χ3v) is 4.24. The van der Waals surface area contributed by atoms with Gasteiger partial charge in [0.05, 0.1) is 15.2 Å². The van der Waals surface area contributed by atoms with Crippen LogP contribution in [0.4, 0.5) is 0 Å². The van der Waals surface area contributed by atoms with E-state index in [2.05, 4.69) is 37.0 Å². The van der Waals surface area contributed by atoms with Crippen molar-refractivity contribution in [2.45, 2.75) is 13.8 Å². The maximum atomic E-state index is 4.58. The molecule has 0 radical (unpaired) electrons. The monoisotopic (exact) mass is 219 g/mol. The highest BCUT2D eigenvalue weighted by Crippen LogP contribution is 2.33. The summed E-state index contributed by atoms with van der Waals surface area (Å²) in [5, 5.41) is 2.46. The molecule has 14 heavy (non-hydrogen) atoms. The molecule has 0 aliphatic carbocycles. The molecule has 0 unspecified atom stereocenters. The second-order valence-corrected chi connectivity index (χ2v) is 5.94. The Labute approximate surface area is 90.0 Å². The molecule has 0 saturated heterocycles. The van der Waals surface area contributed by atoms with Crippen molar-refractivity contribution >= 4 is 43.0 Å². The molecule has 0 saturated carbocycles. The molecule has 3 heteroatoms. The highest BCUT2D eigenvalue weighted by atomic mass is 32.1. The summed E-state index contributed by atoms with van der Waals surface area (Å²) in [7, 11) is 0. The quantitative estimate of drug-likeness (QED) is 0.554. The molecule has 0 aliphatic rings. The summed E-state index contributed by atoms with van der Waals surface area (Å²) >= 11 is 3.61. The fraction of sp³-hybridized carbons (Fsp3) is 0.182. The van der Waals surface area contributed by atoms with Crippen LogP contribution < -0.4 is 0 Å². The summed E-state index contributed by atoms with van der Waals surface area (Å²) in [6.45, 7) is 4.21. The second kappa shape index (κ2) is 2.78. The van der Waals surface area contributed by atoms with E-state index in [-0.39, 0.29) is 0 Å². The Bertz CT molecular complexity index is 563. The van der Waals surface area contributed by atoms with Crippen molar-refractivity contribution in [1.29, 1.82) is 0 Å². The Morgan fingerprint density at radius 1 is 1.07 bits per heavy atom. The molecule has 0 spiro atoms. The first kappa shape index (κ1) is 8.38. The smallest absolute Gasteiger partial charge is 0.0908 e. The highest BCUT2D eigenvalue weighted by Gasteiger charge is 2.06. The molecule has 0 atom stereocenters. The Morgan fingerprint density at radius 3 is 2.71 bits per heavy atom. The van der Waals surface area contributed by atoms with Crippen molar-refractivity contribution in [3.05, 3.63) is 28.1 Å². The van der Waals surface area contributed by atoms with Crippen molar-refractivity contribution < 1.29 is 0 Å². The summed E-state index contributed by atoms with van der Waals surface area (Å²) in [6.07, 6.45) is 0. The van der Waals surface area contributed by atoms with Crippen LogP contribution in [-0.2, 0) is 0 Å². The number of hydrogen-bond donors (Lipinski definition) is 0. The Hall–Kier alpha value is -0.930. The van der Waals surface area contributed by atoms with Crippen LogP contribution in [-0.4, -0.2) is 4.98 Å². The standard InChI is InChI=1S/C11H9NS2/c1-6-5-8-9(13-6)3-4-10-11(8)12-7(2)14-10/h3-5H,1-2H3. The van der Waals surface area contributed by atoms with Crippen LogP contribution in [0.3, 0.4) is 0 Å². The van der Waals surface area contributed by atoms with Gasteiger partial charge in [-0.15, -0.1) is 22.7 Å². The Kier molecular flexibility index (Phi) is 1.66. The number of aromatic nitrogens is 1. The summed E-state index contributed by atoms with van der Waals surface area (Å²) in [5.74, 6) is 0. The third kappa shape index (κ3) is 1.09. The number of hydrogen-bond acceptors (Lipinski definition) is 3. The molecule has 2 aromatic heterocycles. The van der Waals surface area contributed by atoms with Gasteiger partial charge in [0.25, 0.3) is 0 Å². The highest BCUT2D eigenvalue weighted by molar-refractivity contribution is 7.20. The molecule has 70 valence electrons. The van der Waals surface area contributed by atoms with Crippen molar-refractivity contribution in [2.75, 3.05) is 0 Å². The van der Waals surface area contributed by atoms with Gasteiger partial charge in [-0.2, -0.15) is 0 Å². The number of nitrogens with zero attached hydrogens (tertiary/aromatic N) is 1. The van der Waals surface area contributed by atoms with E-state index in [0.717, 1.165) is 5.01 Å². The minimum atomic E-state index is 1.15. The van der Waals surface area contributed by atoms with E-state index < -0.39 is 0 Å². The van der Waals surface area contributed by atoms with Gasteiger partial charge >= 0.3 is 0 Å². The minimum absolute atomic E-state index is 1.15. The van der Waals surface area contributed by atoms with E-state index in [1.165, 1.54) is 25.2 Å². The number of aryl methyl sites for hydroxylation is 2. The van der Waals surface area contributed by atoms with Crippen molar-refractivity contribution in [1.82, 2.24) is 4.98 Å². The molecular weight excluding hydrogens is 210 g/mol. The number of benzene rings is 1. The number of thiophene rings is 1. The third-order valence-electron chi connectivity index (χ3n) is 2.29. The first-order valence-corrected chi connectivity index (χ1v) is 6.13. The second-order valence-electron chi connectivity index (χ2n) is 3.41. The van der Waals surface area contributed by atoms with Crippen molar-refractivity contribution in [2.24, 2.45) is 0 Å². The number of thiazole rings is 1. The lowest BCUT2D eigenvalue weighted by Gasteiger charge is -1.89. The normalized spacial score (nSPS) is 11.6. The first-order valence-electron chi connectivity index (χ1n) is 4.50. The summed E-state index contributed by atoms with van der Waals surface area (Å²) < 4.78 is 2.65. The van der Waals surface area contributed by atoms with Crippen LogP contribution in [0, 0.1) is 13.8 Å². The number of rotatable bonds is 0. The molecule has 1 nitrogen and oxygen atoms in total. The fourth-order valence-electron chi connectivity index (χ4n) is 1.74. The van der Waals surface area contributed by atoms with E-state index in [9.17, 15) is 0 Å². The topological polar surface area (TPSA) is 12.9 Å². The molecule has 3 rings (SSSR count). The Morgan fingerprint density at radius 2 is 1.86 bits per heavy atom. The van der Waals surface area contributed by atoms with Gasteiger partial charge < -0.3 is 0 Å². The maximum absolute atomic E-state index is 4.58. The zero-order chi connectivity index (χ0) is 9.71. The summed E-state index contributed by atoms with van der Waals surface area (Å²) in [6, 6.07) is 6.62. The minimum Gasteiger partial charge on any atom is -0.241 e. The van der Waals surface area contributed by atoms with Crippen LogP contribution >= 0.6 is 22.7 Å². The molecular formula is C11H9NS2. The van der Waals surface area contributed by atoms with Crippen LogP contribution in [0.15, 0.2) is 18.2 Å². The fourth-order valence-corrected chi connectivity index (χ4v) is 3.51. The van der Waals surface area contributed by atoms with Gasteiger partial charge in [0.2, 0.25) is 0 Å². The zero-order valence-electron chi connectivity index (χ0n) is 8.00. The van der Waals surface area contributed by atoms with E-state index in [1.54, 1.807) is 11.3 Å². The molecule has 0 aliphatic heterocycles. The molecule has 1 aromatic carbocycles. The van der Waals surface area contributed by atoms with Crippen LogP contribution in [0.5, 0.6) is 0 Å². The van der Waals surface area contributed by atoms with Gasteiger partial charge in [0.1, 0.15) is 0 Å². The lowest BCUT2D eigenvalue weighted by molar-refractivity contribution is 1.35. The predicted octanol–water partition coefficient (Wildman–Crippen LogP) is 4.13. The largest absolute Gasteiger partial charge is 0.241 e. The first-order chi connectivity index (χ1) is 6.74. The van der Waals surface area contributed by atoms with E-state index >= 15 is 0 Å². The van der Waals surface area contributed by atoms with Gasteiger partial charge in [0, 0.05) is 15.0 Å². The maximum Gasteiger partial charge on any atom is 0.0908 e. The molecule has 0 N–H and O–H groups in total. The van der Waals surface area contributed by atoms with Crippen LogP contribution in [0.25, 0.3) is 20.3 Å². The average Bonchev–Trinajstić information content (AvgIpc) is 2.65. The lowest BCUT2D eigenvalue weighted by Crippen LogP contribution is -1.69. The number of fused-ring (bicyclic) bond motifs is 3. The molecule has 0 bridgehead atoms. The Balaban J connectivity index is 2.58. The summed E-state index contributed by atoms with van der Waals surface area (Å²) in [4.78, 5) is 5.94. The van der Waals surface area contributed by atoms with Crippen LogP contribution in [0.2, 0.25) is 0 Å². The van der Waals surface area contributed by atoms with Crippen molar-refractivity contribution in [3.8, 4) is 0 Å².